The molecule has 1 fully saturated rings. The van der Waals surface area contributed by atoms with Crippen LogP contribution in [0.15, 0.2) is 54.7 Å². The van der Waals surface area contributed by atoms with Crippen molar-refractivity contribution in [3.8, 4) is 0 Å². The Hall–Kier alpha value is -2.55. The molecule has 2 heterocycles. The van der Waals surface area contributed by atoms with Crippen LogP contribution in [-0.4, -0.2) is 50.9 Å². The van der Waals surface area contributed by atoms with Gasteiger partial charge in [0.25, 0.3) is 0 Å². The van der Waals surface area contributed by atoms with E-state index in [0.717, 1.165) is 31.7 Å². The molecule has 0 bridgehead atoms. The minimum absolute atomic E-state index is 0.247. The fourth-order valence-corrected chi connectivity index (χ4v) is 4.02. The molecule has 0 atom stereocenters. The van der Waals surface area contributed by atoms with Crippen LogP contribution in [0.1, 0.15) is 11.1 Å². The first kappa shape index (κ1) is 21.7. The Kier molecular flexibility index (Phi) is 6.80. The molecule has 1 N–H and O–H groups in total. The average Bonchev–Trinajstić information content (AvgIpc) is 3.19. The molecule has 1 aliphatic rings. The van der Waals surface area contributed by atoms with E-state index in [2.05, 4.69) is 20.2 Å². The van der Waals surface area contributed by atoms with Crippen LogP contribution >= 0.6 is 23.8 Å². The van der Waals surface area contributed by atoms with Gasteiger partial charge in [0.1, 0.15) is 11.6 Å². The molecule has 3 aromatic rings. The fraction of sp³-hybridized carbons (Fsp3) is 0.273. The van der Waals surface area contributed by atoms with Crippen LogP contribution in [0.4, 0.5) is 14.6 Å². The summed E-state index contributed by atoms with van der Waals surface area (Å²) in [6, 6.07) is 13.0. The molecule has 162 valence electrons. The van der Waals surface area contributed by atoms with Gasteiger partial charge in [-0.1, -0.05) is 35.9 Å². The molecule has 9 heteroatoms. The van der Waals surface area contributed by atoms with Crippen LogP contribution in [0, 0.1) is 11.6 Å². The zero-order valence-electron chi connectivity index (χ0n) is 16.8. The number of halogens is 3. The molecule has 1 saturated heterocycles. The minimum atomic E-state index is -0.327. The number of hydrogen-bond donors (Lipinski definition) is 1. The van der Waals surface area contributed by atoms with Crippen LogP contribution in [0.2, 0.25) is 5.02 Å². The summed E-state index contributed by atoms with van der Waals surface area (Å²) in [4.78, 5) is 4.36. The van der Waals surface area contributed by atoms with Crippen LogP contribution < -0.4 is 5.32 Å². The lowest BCUT2D eigenvalue weighted by Gasteiger charge is -2.36. The Morgan fingerprint density at radius 3 is 2.52 bits per heavy atom. The van der Waals surface area contributed by atoms with Gasteiger partial charge in [-0.05, 0) is 36.0 Å². The third-order valence-corrected chi connectivity index (χ3v) is 5.95. The van der Waals surface area contributed by atoms with Gasteiger partial charge in [0.05, 0.1) is 6.54 Å². The van der Waals surface area contributed by atoms with E-state index >= 15 is 0 Å². The van der Waals surface area contributed by atoms with Gasteiger partial charge < -0.3 is 10.2 Å². The Morgan fingerprint density at radius 1 is 1.00 bits per heavy atom. The summed E-state index contributed by atoms with van der Waals surface area (Å²) in [5.41, 5.74) is 1.50. The predicted octanol–water partition coefficient (Wildman–Crippen LogP) is 4.38. The maximum Gasteiger partial charge on any atom is 0.174 e. The van der Waals surface area contributed by atoms with Crippen molar-refractivity contribution in [2.75, 3.05) is 31.5 Å². The van der Waals surface area contributed by atoms with E-state index in [4.69, 9.17) is 23.8 Å². The third kappa shape index (κ3) is 5.58. The quantitative estimate of drug-likeness (QED) is 0.571. The number of rotatable bonds is 5. The molecule has 0 radical (unpaired) electrons. The van der Waals surface area contributed by atoms with Crippen LogP contribution in [-0.2, 0) is 13.1 Å². The number of benzene rings is 2. The average molecular weight is 462 g/mol. The molecule has 1 aromatic heterocycles. The number of anilines is 1. The first-order valence-electron chi connectivity index (χ1n) is 9.97. The first-order valence-corrected chi connectivity index (χ1v) is 10.8. The van der Waals surface area contributed by atoms with Gasteiger partial charge >= 0.3 is 0 Å². The second-order valence-electron chi connectivity index (χ2n) is 7.42. The van der Waals surface area contributed by atoms with E-state index < -0.39 is 0 Å². The van der Waals surface area contributed by atoms with Gasteiger partial charge in [-0.15, -0.1) is 0 Å². The van der Waals surface area contributed by atoms with Crippen molar-refractivity contribution in [2.24, 2.45) is 0 Å². The first-order chi connectivity index (χ1) is 15.0. The molecular formula is C22H22ClF2N5S. The lowest BCUT2D eigenvalue weighted by atomic mass is 10.2. The highest BCUT2D eigenvalue weighted by molar-refractivity contribution is 7.80. The number of aromatic nitrogens is 2. The zero-order chi connectivity index (χ0) is 21.8. The topological polar surface area (TPSA) is 36.3 Å². The molecule has 0 aliphatic carbocycles. The number of nitrogens with one attached hydrogen (secondary N) is 1. The molecule has 0 saturated carbocycles. The van der Waals surface area contributed by atoms with E-state index in [1.165, 1.54) is 18.2 Å². The highest BCUT2D eigenvalue weighted by Gasteiger charge is 2.20. The largest absolute Gasteiger partial charge is 0.346 e. The van der Waals surface area contributed by atoms with Crippen LogP contribution in [0.3, 0.4) is 0 Å². The van der Waals surface area contributed by atoms with E-state index in [0.29, 0.717) is 34.6 Å². The van der Waals surface area contributed by atoms with Crippen molar-refractivity contribution in [1.82, 2.24) is 19.6 Å². The summed E-state index contributed by atoms with van der Waals surface area (Å²) < 4.78 is 28.7. The van der Waals surface area contributed by atoms with E-state index in [1.54, 1.807) is 35.1 Å². The van der Waals surface area contributed by atoms with Gasteiger partial charge in [-0.2, -0.15) is 5.10 Å². The second kappa shape index (κ2) is 9.72. The second-order valence-corrected chi connectivity index (χ2v) is 8.21. The normalized spacial score (nSPS) is 14.6. The van der Waals surface area contributed by atoms with Gasteiger partial charge in [0, 0.05) is 55.6 Å². The molecule has 5 nitrogen and oxygen atoms in total. The predicted molar refractivity (Wildman–Crippen MR) is 122 cm³/mol. The standard InChI is InChI=1S/C22H22ClF2N5S/c23-19-13-18(24)6-5-16(19)14-28-9-11-29(12-10-28)22(31)26-21-7-8-30(27-21)15-17-3-1-2-4-20(17)25/h1-8,13H,9-12,14-15H2,(H,26,27,31). The summed E-state index contributed by atoms with van der Waals surface area (Å²) in [5, 5.41) is 8.66. The highest BCUT2D eigenvalue weighted by Crippen LogP contribution is 2.20. The Bertz CT molecular complexity index is 1070. The summed E-state index contributed by atoms with van der Waals surface area (Å²) >= 11 is 11.7. The van der Waals surface area contributed by atoms with Crippen molar-refractivity contribution in [1.29, 1.82) is 0 Å². The Morgan fingerprint density at radius 2 is 1.77 bits per heavy atom. The molecule has 2 aromatic carbocycles. The van der Waals surface area contributed by atoms with Crippen molar-refractivity contribution in [3.63, 3.8) is 0 Å². The lowest BCUT2D eigenvalue weighted by molar-refractivity contribution is 0.177. The van der Waals surface area contributed by atoms with Crippen molar-refractivity contribution >= 4 is 34.7 Å². The van der Waals surface area contributed by atoms with Crippen molar-refractivity contribution in [3.05, 3.63) is 82.5 Å². The Labute approximate surface area is 190 Å². The summed E-state index contributed by atoms with van der Waals surface area (Å²) in [6.45, 7) is 4.19. The molecule has 1 aliphatic heterocycles. The van der Waals surface area contributed by atoms with E-state index in [-0.39, 0.29) is 11.6 Å². The molecule has 0 spiro atoms. The number of thiocarbonyl (C=S) groups is 1. The maximum absolute atomic E-state index is 13.8. The molecule has 0 amide bonds. The number of nitrogens with zero attached hydrogens (tertiary/aromatic N) is 4. The van der Waals surface area contributed by atoms with Crippen LogP contribution in [0.25, 0.3) is 0 Å². The number of piperazine rings is 1. The summed E-state index contributed by atoms with van der Waals surface area (Å²) in [6.07, 6.45) is 1.79. The van der Waals surface area contributed by atoms with E-state index in [9.17, 15) is 8.78 Å². The maximum atomic E-state index is 13.8. The SMILES string of the molecule is Fc1ccc(CN2CCN(C(=S)Nc3ccn(Cc4ccccc4F)n3)CC2)c(Cl)c1. The number of hydrogen-bond acceptors (Lipinski definition) is 3. The molecular weight excluding hydrogens is 440 g/mol. The molecule has 31 heavy (non-hydrogen) atoms. The van der Waals surface area contributed by atoms with Crippen LogP contribution in [0.5, 0.6) is 0 Å². The van der Waals surface area contributed by atoms with Crippen molar-refractivity contribution < 1.29 is 8.78 Å². The van der Waals surface area contributed by atoms with Gasteiger partial charge in [0.2, 0.25) is 0 Å². The molecule has 0 unspecified atom stereocenters. The monoisotopic (exact) mass is 461 g/mol. The highest BCUT2D eigenvalue weighted by atomic mass is 35.5. The summed E-state index contributed by atoms with van der Waals surface area (Å²) in [5.74, 6) is 0.0519. The van der Waals surface area contributed by atoms with Gasteiger partial charge in [-0.25, -0.2) is 8.78 Å². The van der Waals surface area contributed by atoms with Crippen molar-refractivity contribution in [2.45, 2.75) is 13.1 Å². The molecule has 4 rings (SSSR count). The summed E-state index contributed by atoms with van der Waals surface area (Å²) in [7, 11) is 0. The van der Waals surface area contributed by atoms with Gasteiger partial charge in [-0.3, -0.25) is 9.58 Å². The smallest absolute Gasteiger partial charge is 0.174 e. The van der Waals surface area contributed by atoms with Gasteiger partial charge in [0.15, 0.2) is 10.9 Å². The van der Waals surface area contributed by atoms with E-state index in [1.807, 2.05) is 6.07 Å². The zero-order valence-corrected chi connectivity index (χ0v) is 18.3. The Balaban J connectivity index is 1.27. The lowest BCUT2D eigenvalue weighted by Crippen LogP contribution is -2.49. The fourth-order valence-electron chi connectivity index (χ4n) is 3.51. The third-order valence-electron chi connectivity index (χ3n) is 5.23. The minimum Gasteiger partial charge on any atom is -0.346 e.